The molecule has 0 amide bonds. The van der Waals surface area contributed by atoms with Crippen LogP contribution in [-0.4, -0.2) is 17.6 Å². The Kier molecular flexibility index (Phi) is 5.84. The highest BCUT2D eigenvalue weighted by molar-refractivity contribution is 7.11. The first-order chi connectivity index (χ1) is 9.97. The molecular weight excluding hydrogens is 276 g/mol. The quantitative estimate of drug-likeness (QED) is 0.776. The van der Waals surface area contributed by atoms with Crippen molar-refractivity contribution in [1.29, 1.82) is 0 Å². The fourth-order valence-electron chi connectivity index (χ4n) is 4.14. The van der Waals surface area contributed by atoms with Gasteiger partial charge >= 0.3 is 0 Å². The number of nitrogens with one attached hydrogen (secondary N) is 1. The molecule has 0 spiro atoms. The highest BCUT2D eigenvalue weighted by Crippen LogP contribution is 2.47. The molecule has 1 saturated carbocycles. The van der Waals surface area contributed by atoms with Crippen LogP contribution < -0.4 is 5.32 Å². The van der Waals surface area contributed by atoms with E-state index in [0.29, 0.717) is 11.5 Å². The standard InChI is InChI=1S/C18H32N2S/c1-6-19-16(11-17-20-14(4)15(5)21-17)18(12-13(2)3)9-7-8-10-18/h13,16,19H,6-12H2,1-5H3. The van der Waals surface area contributed by atoms with Gasteiger partial charge in [-0.25, -0.2) is 4.98 Å². The molecule has 0 bridgehead atoms. The monoisotopic (exact) mass is 308 g/mol. The Hall–Kier alpha value is -0.410. The maximum atomic E-state index is 4.79. The summed E-state index contributed by atoms with van der Waals surface area (Å²) in [6.45, 7) is 12.4. The van der Waals surface area contributed by atoms with Crippen LogP contribution in [0.25, 0.3) is 0 Å². The van der Waals surface area contributed by atoms with Gasteiger partial charge in [0.2, 0.25) is 0 Å². The van der Waals surface area contributed by atoms with Crippen molar-refractivity contribution in [2.45, 2.75) is 79.2 Å². The smallest absolute Gasteiger partial charge is 0.0946 e. The predicted molar refractivity (Wildman–Crippen MR) is 93.1 cm³/mol. The van der Waals surface area contributed by atoms with E-state index >= 15 is 0 Å². The Labute approximate surface area is 134 Å². The maximum absolute atomic E-state index is 4.79. The highest BCUT2D eigenvalue weighted by atomic mass is 32.1. The maximum Gasteiger partial charge on any atom is 0.0946 e. The summed E-state index contributed by atoms with van der Waals surface area (Å²) >= 11 is 1.89. The molecule has 1 heterocycles. The van der Waals surface area contributed by atoms with Gasteiger partial charge in [0.05, 0.1) is 10.7 Å². The van der Waals surface area contributed by atoms with Crippen molar-refractivity contribution in [2.24, 2.45) is 11.3 Å². The first kappa shape index (κ1) is 17.0. The molecule has 1 unspecified atom stereocenters. The van der Waals surface area contributed by atoms with E-state index in [4.69, 9.17) is 4.98 Å². The molecule has 3 heteroatoms. The lowest BCUT2D eigenvalue weighted by Gasteiger charge is -2.39. The van der Waals surface area contributed by atoms with Gasteiger partial charge in [0, 0.05) is 17.3 Å². The van der Waals surface area contributed by atoms with Crippen LogP contribution in [0.5, 0.6) is 0 Å². The molecule has 2 nitrogen and oxygen atoms in total. The van der Waals surface area contributed by atoms with Crippen LogP contribution >= 0.6 is 11.3 Å². The van der Waals surface area contributed by atoms with Gasteiger partial charge in [0.1, 0.15) is 0 Å². The molecule has 1 atom stereocenters. The summed E-state index contributed by atoms with van der Waals surface area (Å²) < 4.78 is 0. The molecule has 120 valence electrons. The SMILES string of the molecule is CCNC(Cc1nc(C)c(C)s1)C1(CC(C)C)CCCC1. The van der Waals surface area contributed by atoms with Gasteiger partial charge < -0.3 is 5.32 Å². The van der Waals surface area contributed by atoms with E-state index in [9.17, 15) is 0 Å². The Morgan fingerprint density at radius 1 is 1.24 bits per heavy atom. The molecule has 0 aromatic carbocycles. The van der Waals surface area contributed by atoms with E-state index in [1.165, 1.54) is 47.7 Å². The van der Waals surface area contributed by atoms with Crippen LogP contribution in [0, 0.1) is 25.2 Å². The number of nitrogens with zero attached hydrogens (tertiary/aromatic N) is 1. The minimum absolute atomic E-state index is 0.498. The van der Waals surface area contributed by atoms with Gasteiger partial charge in [-0.15, -0.1) is 11.3 Å². The van der Waals surface area contributed by atoms with E-state index in [1.54, 1.807) is 0 Å². The van der Waals surface area contributed by atoms with Crippen LogP contribution in [-0.2, 0) is 6.42 Å². The Morgan fingerprint density at radius 2 is 1.90 bits per heavy atom. The van der Waals surface area contributed by atoms with Crippen LogP contribution in [0.2, 0.25) is 0 Å². The lowest BCUT2D eigenvalue weighted by molar-refractivity contribution is 0.155. The van der Waals surface area contributed by atoms with E-state index in [1.807, 2.05) is 11.3 Å². The van der Waals surface area contributed by atoms with Gasteiger partial charge in [-0.3, -0.25) is 0 Å². The molecule has 0 radical (unpaired) electrons. The van der Waals surface area contributed by atoms with Crippen molar-refractivity contribution in [3.8, 4) is 0 Å². The fourth-order valence-corrected chi connectivity index (χ4v) is 5.12. The van der Waals surface area contributed by atoms with Gasteiger partial charge in [0.25, 0.3) is 0 Å². The predicted octanol–water partition coefficient (Wildman–Crippen LogP) is 4.89. The van der Waals surface area contributed by atoms with Gasteiger partial charge in [-0.1, -0.05) is 33.6 Å². The largest absolute Gasteiger partial charge is 0.313 e. The van der Waals surface area contributed by atoms with E-state index in [0.717, 1.165) is 18.9 Å². The van der Waals surface area contributed by atoms with Gasteiger partial charge in [-0.05, 0) is 51.0 Å². The third-order valence-electron chi connectivity index (χ3n) is 5.06. The third kappa shape index (κ3) is 4.07. The summed E-state index contributed by atoms with van der Waals surface area (Å²) in [6, 6.07) is 0.595. The molecule has 1 aliphatic carbocycles. The topological polar surface area (TPSA) is 24.9 Å². The Bertz CT molecular complexity index is 425. The van der Waals surface area contributed by atoms with Crippen LogP contribution in [0.4, 0.5) is 0 Å². The number of aromatic nitrogens is 1. The summed E-state index contributed by atoms with van der Waals surface area (Å²) in [7, 11) is 0. The van der Waals surface area contributed by atoms with E-state index in [-0.39, 0.29) is 0 Å². The Morgan fingerprint density at radius 3 is 2.38 bits per heavy atom. The zero-order chi connectivity index (χ0) is 15.5. The van der Waals surface area contributed by atoms with E-state index in [2.05, 4.69) is 39.9 Å². The lowest BCUT2D eigenvalue weighted by Crippen LogP contribution is -2.46. The summed E-state index contributed by atoms with van der Waals surface area (Å²) in [4.78, 5) is 6.17. The number of likely N-dealkylation sites (N-methyl/N-ethyl adjacent to an activating group) is 1. The van der Waals surface area contributed by atoms with Gasteiger partial charge in [0.15, 0.2) is 0 Å². The summed E-state index contributed by atoms with van der Waals surface area (Å²) in [5, 5.41) is 5.14. The van der Waals surface area contributed by atoms with Crippen molar-refractivity contribution in [3.63, 3.8) is 0 Å². The van der Waals surface area contributed by atoms with Crippen molar-refractivity contribution in [2.75, 3.05) is 6.54 Å². The fraction of sp³-hybridized carbons (Fsp3) is 0.833. The second-order valence-electron chi connectivity index (χ2n) is 7.23. The van der Waals surface area contributed by atoms with Crippen molar-refractivity contribution < 1.29 is 0 Å². The first-order valence-corrected chi connectivity index (χ1v) is 9.45. The first-order valence-electron chi connectivity index (χ1n) is 8.63. The third-order valence-corrected chi connectivity index (χ3v) is 6.15. The average Bonchev–Trinajstić information content (AvgIpc) is 2.97. The number of aryl methyl sites for hydroxylation is 2. The molecule has 1 N–H and O–H groups in total. The molecule has 0 saturated heterocycles. The van der Waals surface area contributed by atoms with E-state index < -0.39 is 0 Å². The lowest BCUT2D eigenvalue weighted by atomic mass is 9.71. The molecule has 21 heavy (non-hydrogen) atoms. The molecule has 1 aliphatic rings. The number of thiazole rings is 1. The van der Waals surface area contributed by atoms with Crippen molar-refractivity contribution in [3.05, 3.63) is 15.6 Å². The molecule has 1 aromatic heterocycles. The number of rotatable bonds is 7. The normalized spacial score (nSPS) is 19.3. The van der Waals surface area contributed by atoms with Gasteiger partial charge in [-0.2, -0.15) is 0 Å². The zero-order valence-corrected chi connectivity index (χ0v) is 15.3. The number of hydrogen-bond acceptors (Lipinski definition) is 3. The highest BCUT2D eigenvalue weighted by Gasteiger charge is 2.41. The molecule has 1 fully saturated rings. The Balaban J connectivity index is 2.19. The minimum atomic E-state index is 0.498. The van der Waals surface area contributed by atoms with Crippen LogP contribution in [0.1, 0.15) is 68.5 Å². The summed E-state index contributed by atoms with van der Waals surface area (Å²) in [5.74, 6) is 0.782. The minimum Gasteiger partial charge on any atom is -0.313 e. The molecule has 2 rings (SSSR count). The number of hydrogen-bond donors (Lipinski definition) is 1. The average molecular weight is 309 g/mol. The molecular formula is C18H32N2S. The summed E-state index contributed by atoms with van der Waals surface area (Å²) in [6.07, 6.45) is 8.07. The van der Waals surface area contributed by atoms with Crippen LogP contribution in [0.15, 0.2) is 0 Å². The van der Waals surface area contributed by atoms with Crippen molar-refractivity contribution in [1.82, 2.24) is 10.3 Å². The molecule has 0 aliphatic heterocycles. The van der Waals surface area contributed by atoms with Crippen molar-refractivity contribution >= 4 is 11.3 Å². The second kappa shape index (κ2) is 7.23. The molecule has 1 aromatic rings. The second-order valence-corrected chi connectivity index (χ2v) is 8.52. The zero-order valence-electron chi connectivity index (χ0n) is 14.5. The van der Waals surface area contributed by atoms with Crippen LogP contribution in [0.3, 0.4) is 0 Å². The summed E-state index contributed by atoms with van der Waals surface area (Å²) in [5.41, 5.74) is 1.71.